The van der Waals surface area contributed by atoms with Crippen molar-refractivity contribution in [1.82, 2.24) is 16.2 Å². The lowest BCUT2D eigenvalue weighted by molar-refractivity contribution is -0.123. The Bertz CT molecular complexity index is 922. The number of halogens is 3. The molecule has 0 saturated heterocycles. The highest BCUT2D eigenvalue weighted by atomic mass is 35.5. The number of nitrogens with one attached hydrogen (secondary N) is 3. The number of amides is 2. The molecule has 28 heavy (non-hydrogen) atoms. The number of carbonyl (C=O) groups is 2. The van der Waals surface area contributed by atoms with Gasteiger partial charge in [0.2, 0.25) is 5.91 Å². The summed E-state index contributed by atoms with van der Waals surface area (Å²) < 4.78 is 5.27. The predicted molar refractivity (Wildman–Crippen MR) is 114 cm³/mol. The maximum atomic E-state index is 11.8. The molecule has 0 atom stereocenters. The van der Waals surface area contributed by atoms with Crippen LogP contribution in [0.25, 0.3) is 6.08 Å². The molecule has 2 aromatic carbocycles. The van der Waals surface area contributed by atoms with Crippen molar-refractivity contribution in [2.24, 2.45) is 0 Å². The molecule has 0 fully saturated rings. The predicted octanol–water partition coefficient (Wildman–Crippen LogP) is 3.76. The Hall–Kier alpha value is -2.32. The standard InChI is InChI=1S/C18H14Cl3N3O3S/c19-12-6-7-15(14(21)9-12)27-10-17(26)23-24-18(28)22-16(25)8-5-11-3-1-2-4-13(11)20/h1-9H,10H2,(H,23,26)(H2,22,24,25,28)/b8-5+. The average molecular weight is 459 g/mol. The first-order valence-electron chi connectivity index (χ1n) is 7.75. The quantitative estimate of drug-likeness (QED) is 0.361. The molecule has 0 bridgehead atoms. The van der Waals surface area contributed by atoms with Crippen LogP contribution in [0.1, 0.15) is 5.56 Å². The van der Waals surface area contributed by atoms with Crippen LogP contribution in [0, 0.1) is 0 Å². The highest BCUT2D eigenvalue weighted by Gasteiger charge is 2.07. The summed E-state index contributed by atoms with van der Waals surface area (Å²) in [6.07, 6.45) is 2.81. The zero-order valence-corrected chi connectivity index (χ0v) is 17.3. The van der Waals surface area contributed by atoms with Crippen LogP contribution in [0.4, 0.5) is 0 Å². The number of carbonyl (C=O) groups excluding carboxylic acids is 2. The number of hydrogen-bond acceptors (Lipinski definition) is 4. The number of benzene rings is 2. The number of thiocarbonyl (C=S) groups is 1. The highest BCUT2D eigenvalue weighted by Crippen LogP contribution is 2.27. The maximum absolute atomic E-state index is 11.8. The van der Waals surface area contributed by atoms with Gasteiger partial charge in [-0.05, 0) is 48.1 Å². The van der Waals surface area contributed by atoms with Gasteiger partial charge in [0.1, 0.15) is 5.75 Å². The molecule has 0 aliphatic rings. The minimum Gasteiger partial charge on any atom is -0.482 e. The molecule has 3 N–H and O–H groups in total. The van der Waals surface area contributed by atoms with E-state index in [-0.39, 0.29) is 16.7 Å². The molecule has 10 heteroatoms. The van der Waals surface area contributed by atoms with Gasteiger partial charge in [-0.25, -0.2) is 0 Å². The number of ether oxygens (including phenoxy) is 1. The van der Waals surface area contributed by atoms with E-state index in [4.69, 9.17) is 51.8 Å². The van der Waals surface area contributed by atoms with Crippen molar-refractivity contribution in [1.29, 1.82) is 0 Å². The average Bonchev–Trinajstić information content (AvgIpc) is 2.65. The van der Waals surface area contributed by atoms with Crippen LogP contribution < -0.4 is 20.9 Å². The molecule has 0 aromatic heterocycles. The summed E-state index contributed by atoms with van der Waals surface area (Å²) in [5, 5.41) is 3.53. The van der Waals surface area contributed by atoms with E-state index in [0.717, 1.165) is 0 Å². The summed E-state index contributed by atoms with van der Waals surface area (Å²) in [7, 11) is 0. The summed E-state index contributed by atoms with van der Waals surface area (Å²) in [4.78, 5) is 23.6. The summed E-state index contributed by atoms with van der Waals surface area (Å²) in [6, 6.07) is 11.7. The molecular weight excluding hydrogens is 445 g/mol. The lowest BCUT2D eigenvalue weighted by Crippen LogP contribution is -2.49. The SMILES string of the molecule is O=C(/C=C/c1ccccc1Cl)NC(=S)NNC(=O)COc1ccc(Cl)cc1Cl. The van der Waals surface area contributed by atoms with Crippen molar-refractivity contribution in [2.45, 2.75) is 0 Å². The molecule has 146 valence electrons. The Balaban J connectivity index is 1.73. The summed E-state index contributed by atoms with van der Waals surface area (Å²) >= 11 is 22.6. The third-order valence-electron chi connectivity index (χ3n) is 3.12. The van der Waals surface area contributed by atoms with Crippen molar-refractivity contribution < 1.29 is 14.3 Å². The highest BCUT2D eigenvalue weighted by molar-refractivity contribution is 7.80. The lowest BCUT2D eigenvalue weighted by atomic mass is 10.2. The van der Waals surface area contributed by atoms with Gasteiger partial charge in [-0.3, -0.25) is 25.8 Å². The van der Waals surface area contributed by atoms with E-state index in [1.54, 1.807) is 42.5 Å². The Kier molecular flexibility index (Phi) is 8.53. The van der Waals surface area contributed by atoms with Gasteiger partial charge in [-0.2, -0.15) is 0 Å². The van der Waals surface area contributed by atoms with Gasteiger partial charge in [0, 0.05) is 16.1 Å². The molecule has 0 radical (unpaired) electrons. The van der Waals surface area contributed by atoms with Crippen LogP contribution in [0.5, 0.6) is 5.75 Å². The van der Waals surface area contributed by atoms with Gasteiger partial charge in [0.05, 0.1) is 5.02 Å². The largest absolute Gasteiger partial charge is 0.482 e. The zero-order valence-electron chi connectivity index (χ0n) is 14.2. The van der Waals surface area contributed by atoms with Gasteiger partial charge < -0.3 is 4.74 Å². The fraction of sp³-hybridized carbons (Fsp3) is 0.0556. The first-order chi connectivity index (χ1) is 13.3. The van der Waals surface area contributed by atoms with Crippen LogP contribution in [-0.4, -0.2) is 23.5 Å². The van der Waals surface area contributed by atoms with Crippen LogP contribution in [0.2, 0.25) is 15.1 Å². The van der Waals surface area contributed by atoms with Crippen molar-refractivity contribution in [2.75, 3.05) is 6.61 Å². The second-order valence-corrected chi connectivity index (χ2v) is 6.87. The van der Waals surface area contributed by atoms with Crippen molar-refractivity contribution in [3.05, 3.63) is 69.2 Å². The molecule has 0 saturated carbocycles. The van der Waals surface area contributed by atoms with Crippen molar-refractivity contribution >= 4 is 70.0 Å². The fourth-order valence-electron chi connectivity index (χ4n) is 1.86. The Morgan fingerprint density at radius 1 is 1.04 bits per heavy atom. The lowest BCUT2D eigenvalue weighted by Gasteiger charge is -2.11. The van der Waals surface area contributed by atoms with Crippen LogP contribution >= 0.6 is 47.0 Å². The first-order valence-corrected chi connectivity index (χ1v) is 9.29. The molecule has 2 rings (SSSR count). The normalized spacial score (nSPS) is 10.4. The number of hydrogen-bond donors (Lipinski definition) is 3. The Morgan fingerprint density at radius 2 is 1.79 bits per heavy atom. The van der Waals surface area contributed by atoms with Gasteiger partial charge in [-0.15, -0.1) is 0 Å². The van der Waals surface area contributed by atoms with Crippen molar-refractivity contribution in [3.8, 4) is 5.75 Å². The molecule has 0 aliphatic carbocycles. The first kappa shape index (κ1) is 22.0. The molecule has 6 nitrogen and oxygen atoms in total. The van der Waals surface area contributed by atoms with Crippen LogP contribution in [0.15, 0.2) is 48.5 Å². The van der Waals surface area contributed by atoms with E-state index in [2.05, 4.69) is 16.2 Å². The summed E-state index contributed by atoms with van der Waals surface area (Å²) in [6.45, 7) is -0.322. The van der Waals surface area contributed by atoms with Gasteiger partial charge in [-0.1, -0.05) is 53.0 Å². The van der Waals surface area contributed by atoms with E-state index in [1.807, 2.05) is 0 Å². The van der Waals surface area contributed by atoms with E-state index in [0.29, 0.717) is 21.4 Å². The molecule has 2 amide bonds. The molecular formula is C18H14Cl3N3O3S. The number of hydrazine groups is 1. The smallest absolute Gasteiger partial charge is 0.276 e. The van der Waals surface area contributed by atoms with Gasteiger partial charge >= 0.3 is 0 Å². The van der Waals surface area contributed by atoms with Crippen LogP contribution in [0.3, 0.4) is 0 Å². The zero-order chi connectivity index (χ0) is 20.5. The van der Waals surface area contributed by atoms with E-state index in [1.165, 1.54) is 12.1 Å². The minimum absolute atomic E-state index is 0.0910. The van der Waals surface area contributed by atoms with E-state index in [9.17, 15) is 9.59 Å². The Labute approximate surface area is 181 Å². The van der Waals surface area contributed by atoms with Gasteiger partial charge in [0.15, 0.2) is 11.7 Å². The fourth-order valence-corrected chi connectivity index (χ4v) is 2.67. The third kappa shape index (κ3) is 7.36. The maximum Gasteiger partial charge on any atom is 0.276 e. The second kappa shape index (κ2) is 10.9. The third-order valence-corrected chi connectivity index (χ3v) is 4.20. The van der Waals surface area contributed by atoms with Crippen molar-refractivity contribution in [3.63, 3.8) is 0 Å². The molecule has 0 unspecified atom stereocenters. The second-order valence-electron chi connectivity index (χ2n) is 5.21. The number of rotatable bonds is 5. The van der Waals surface area contributed by atoms with E-state index < -0.39 is 11.8 Å². The van der Waals surface area contributed by atoms with Crippen LogP contribution in [-0.2, 0) is 9.59 Å². The molecule has 0 heterocycles. The van der Waals surface area contributed by atoms with E-state index >= 15 is 0 Å². The Morgan fingerprint density at radius 3 is 2.50 bits per heavy atom. The molecule has 2 aromatic rings. The molecule has 0 spiro atoms. The van der Waals surface area contributed by atoms with Gasteiger partial charge in [0.25, 0.3) is 5.91 Å². The minimum atomic E-state index is -0.533. The summed E-state index contributed by atoms with van der Waals surface area (Å²) in [5.74, 6) is -0.716. The monoisotopic (exact) mass is 457 g/mol. The molecule has 0 aliphatic heterocycles. The topological polar surface area (TPSA) is 79.5 Å². The summed E-state index contributed by atoms with van der Waals surface area (Å²) in [5.41, 5.74) is 5.36.